The Morgan fingerprint density at radius 1 is 1.04 bits per heavy atom. The van der Waals surface area contributed by atoms with Crippen molar-refractivity contribution < 1.29 is 19.7 Å². The molecule has 4 N–H and O–H groups in total. The van der Waals surface area contributed by atoms with Crippen LogP contribution in [0.5, 0.6) is 5.75 Å². The van der Waals surface area contributed by atoms with E-state index in [0.29, 0.717) is 16.6 Å². The van der Waals surface area contributed by atoms with Crippen LogP contribution < -0.4 is 5.32 Å². The van der Waals surface area contributed by atoms with Gasteiger partial charge in [0.1, 0.15) is 17.3 Å². The number of fused-ring (bicyclic) bond motifs is 1. The molecule has 0 aliphatic carbocycles. The number of rotatable bonds is 5. The van der Waals surface area contributed by atoms with E-state index in [4.69, 9.17) is 5.11 Å². The molecule has 0 unspecified atom stereocenters. The molecule has 1 aromatic heterocycles. The molecular formula is C17H16FN3O3. The molecule has 0 spiro atoms. The molecule has 0 saturated heterocycles. The smallest absolute Gasteiger partial charge is 0.156 e. The molecule has 2 aromatic carbocycles. The van der Waals surface area contributed by atoms with Gasteiger partial charge in [-0.3, -0.25) is 0 Å². The van der Waals surface area contributed by atoms with Crippen LogP contribution in [0.4, 0.5) is 10.2 Å². The van der Waals surface area contributed by atoms with Crippen molar-refractivity contribution in [1.29, 1.82) is 0 Å². The number of aliphatic hydroxyl groups is 2. The monoisotopic (exact) mass is 329 g/mol. The standard InChI is InChI=1S/C17H16FN3O3/c18-13-6-3-7-14(24)15(13)16-11-4-1-2-5-12(11)17(21-20-16)19-8-10(23)9-22/h1-7,10,22-24H,8-9H2,(H,19,21)/t10-/m0/s1. The second-order valence-electron chi connectivity index (χ2n) is 5.29. The lowest BCUT2D eigenvalue weighted by molar-refractivity contribution is 0.105. The van der Waals surface area contributed by atoms with E-state index in [-0.39, 0.29) is 30.2 Å². The van der Waals surface area contributed by atoms with Gasteiger partial charge in [-0.2, -0.15) is 0 Å². The fourth-order valence-electron chi connectivity index (χ4n) is 2.45. The zero-order valence-corrected chi connectivity index (χ0v) is 12.6. The van der Waals surface area contributed by atoms with Gasteiger partial charge >= 0.3 is 0 Å². The highest BCUT2D eigenvalue weighted by atomic mass is 19.1. The van der Waals surface area contributed by atoms with E-state index >= 15 is 0 Å². The maximum absolute atomic E-state index is 14.2. The number of anilines is 1. The Kier molecular flexibility index (Phi) is 4.54. The summed E-state index contributed by atoms with van der Waals surface area (Å²) in [7, 11) is 0. The van der Waals surface area contributed by atoms with Crippen molar-refractivity contribution in [2.24, 2.45) is 0 Å². The first-order chi connectivity index (χ1) is 11.6. The highest BCUT2D eigenvalue weighted by Crippen LogP contribution is 2.36. The molecule has 7 heteroatoms. The Morgan fingerprint density at radius 2 is 1.79 bits per heavy atom. The van der Waals surface area contributed by atoms with Crippen LogP contribution in [0, 0.1) is 5.82 Å². The summed E-state index contributed by atoms with van der Waals surface area (Å²) in [4.78, 5) is 0. The number of aliphatic hydroxyl groups excluding tert-OH is 2. The molecule has 3 aromatic rings. The molecule has 6 nitrogen and oxygen atoms in total. The predicted molar refractivity (Wildman–Crippen MR) is 88.2 cm³/mol. The highest BCUT2D eigenvalue weighted by molar-refractivity contribution is 6.00. The topological polar surface area (TPSA) is 98.5 Å². The summed E-state index contributed by atoms with van der Waals surface area (Å²) in [5.74, 6) is -0.408. The van der Waals surface area contributed by atoms with Crippen molar-refractivity contribution in [2.75, 3.05) is 18.5 Å². The van der Waals surface area contributed by atoms with Crippen molar-refractivity contribution >= 4 is 16.6 Å². The zero-order chi connectivity index (χ0) is 17.1. The van der Waals surface area contributed by atoms with Crippen LogP contribution in [-0.2, 0) is 0 Å². The number of hydrogen-bond acceptors (Lipinski definition) is 6. The minimum absolute atomic E-state index is 0.0110. The number of halogens is 1. The third-order valence-corrected chi connectivity index (χ3v) is 3.63. The Bertz CT molecular complexity index is 853. The van der Waals surface area contributed by atoms with E-state index in [9.17, 15) is 14.6 Å². The van der Waals surface area contributed by atoms with Crippen molar-refractivity contribution in [3.05, 3.63) is 48.3 Å². The minimum atomic E-state index is -0.930. The summed E-state index contributed by atoms with van der Waals surface area (Å²) in [6.45, 7) is -0.279. The molecule has 1 atom stereocenters. The second kappa shape index (κ2) is 6.77. The van der Waals surface area contributed by atoms with Gasteiger partial charge < -0.3 is 20.6 Å². The number of nitrogens with zero attached hydrogens (tertiary/aromatic N) is 2. The quantitative estimate of drug-likeness (QED) is 0.571. The fourth-order valence-corrected chi connectivity index (χ4v) is 2.45. The maximum Gasteiger partial charge on any atom is 0.156 e. The van der Waals surface area contributed by atoms with Crippen LogP contribution in [0.15, 0.2) is 42.5 Å². The van der Waals surface area contributed by atoms with Crippen molar-refractivity contribution in [2.45, 2.75) is 6.10 Å². The number of aromatic nitrogens is 2. The lowest BCUT2D eigenvalue weighted by atomic mass is 10.0. The molecule has 1 heterocycles. The average Bonchev–Trinajstić information content (AvgIpc) is 2.60. The summed E-state index contributed by atoms with van der Waals surface area (Å²) in [5, 5.41) is 40.6. The van der Waals surface area contributed by atoms with Gasteiger partial charge in [0.2, 0.25) is 0 Å². The van der Waals surface area contributed by atoms with Crippen molar-refractivity contribution in [3.8, 4) is 17.0 Å². The summed E-state index contributed by atoms with van der Waals surface area (Å²) in [6.07, 6.45) is -0.930. The minimum Gasteiger partial charge on any atom is -0.507 e. The van der Waals surface area contributed by atoms with Gasteiger partial charge in [0.25, 0.3) is 0 Å². The first-order valence-corrected chi connectivity index (χ1v) is 7.38. The van der Waals surface area contributed by atoms with Crippen LogP contribution in [-0.4, -0.2) is 44.8 Å². The van der Waals surface area contributed by atoms with Crippen LogP contribution >= 0.6 is 0 Å². The Labute approximate surface area is 137 Å². The average molecular weight is 329 g/mol. The first kappa shape index (κ1) is 16.1. The van der Waals surface area contributed by atoms with Gasteiger partial charge in [0, 0.05) is 17.3 Å². The van der Waals surface area contributed by atoms with E-state index in [1.165, 1.54) is 18.2 Å². The normalized spacial score (nSPS) is 12.3. The van der Waals surface area contributed by atoms with Crippen LogP contribution in [0.2, 0.25) is 0 Å². The summed E-state index contributed by atoms with van der Waals surface area (Å²) < 4.78 is 14.2. The first-order valence-electron chi connectivity index (χ1n) is 7.38. The summed E-state index contributed by atoms with van der Waals surface area (Å²) in [6, 6.07) is 11.1. The van der Waals surface area contributed by atoms with E-state index in [1.807, 2.05) is 0 Å². The van der Waals surface area contributed by atoms with Gasteiger partial charge in [-0.05, 0) is 12.1 Å². The van der Waals surface area contributed by atoms with Crippen LogP contribution in [0.25, 0.3) is 22.0 Å². The van der Waals surface area contributed by atoms with Gasteiger partial charge in [-0.25, -0.2) is 4.39 Å². The molecule has 124 valence electrons. The lowest BCUT2D eigenvalue weighted by Crippen LogP contribution is -2.23. The lowest BCUT2D eigenvalue weighted by Gasteiger charge is -2.13. The third kappa shape index (κ3) is 2.99. The van der Waals surface area contributed by atoms with E-state index < -0.39 is 11.9 Å². The largest absolute Gasteiger partial charge is 0.507 e. The molecule has 24 heavy (non-hydrogen) atoms. The van der Waals surface area contributed by atoms with Crippen molar-refractivity contribution in [3.63, 3.8) is 0 Å². The number of phenols is 1. The van der Waals surface area contributed by atoms with Gasteiger partial charge in [-0.15, -0.1) is 10.2 Å². The maximum atomic E-state index is 14.2. The number of benzene rings is 2. The molecule has 0 aliphatic heterocycles. The number of aromatic hydroxyl groups is 1. The summed E-state index contributed by atoms with van der Waals surface area (Å²) >= 11 is 0. The molecule has 0 amide bonds. The molecule has 3 rings (SSSR count). The van der Waals surface area contributed by atoms with E-state index in [1.54, 1.807) is 24.3 Å². The molecule has 0 fully saturated rings. The second-order valence-corrected chi connectivity index (χ2v) is 5.29. The molecule has 0 aliphatic rings. The van der Waals surface area contributed by atoms with E-state index in [0.717, 1.165) is 0 Å². The molecule has 0 saturated carbocycles. The Hall–Kier alpha value is -2.77. The van der Waals surface area contributed by atoms with Gasteiger partial charge in [-0.1, -0.05) is 30.3 Å². The fraction of sp³-hybridized carbons (Fsp3) is 0.176. The third-order valence-electron chi connectivity index (χ3n) is 3.63. The number of phenolic OH excluding ortho intramolecular Hbond substituents is 1. The molecular weight excluding hydrogens is 313 g/mol. The molecule has 0 bridgehead atoms. The highest BCUT2D eigenvalue weighted by Gasteiger charge is 2.17. The van der Waals surface area contributed by atoms with Gasteiger partial charge in [0.15, 0.2) is 5.82 Å². The van der Waals surface area contributed by atoms with Crippen molar-refractivity contribution in [1.82, 2.24) is 10.2 Å². The van der Waals surface area contributed by atoms with Crippen LogP contribution in [0.3, 0.4) is 0 Å². The van der Waals surface area contributed by atoms with E-state index in [2.05, 4.69) is 15.5 Å². The summed E-state index contributed by atoms with van der Waals surface area (Å²) in [5.41, 5.74) is 0.220. The SMILES string of the molecule is OC[C@@H](O)CNc1nnc(-c2c(O)cccc2F)c2ccccc12. The number of nitrogens with one attached hydrogen (secondary N) is 1. The molecule has 0 radical (unpaired) electrons. The predicted octanol–water partition coefficient (Wildman–Crippen LogP) is 1.91. The Morgan fingerprint density at radius 3 is 2.50 bits per heavy atom. The Balaban J connectivity index is 2.12. The van der Waals surface area contributed by atoms with Crippen LogP contribution in [0.1, 0.15) is 0 Å². The zero-order valence-electron chi connectivity index (χ0n) is 12.6. The van der Waals surface area contributed by atoms with Gasteiger partial charge in [0.05, 0.1) is 18.3 Å². The number of hydrogen-bond donors (Lipinski definition) is 4.